The van der Waals surface area contributed by atoms with Crippen LogP contribution in [0.25, 0.3) is 0 Å². The van der Waals surface area contributed by atoms with Crippen LogP contribution in [-0.4, -0.2) is 15.9 Å². The molecule has 0 amide bonds. The number of hydrogen-bond donors (Lipinski definition) is 0. The third-order valence-electron chi connectivity index (χ3n) is 2.51. The van der Waals surface area contributed by atoms with E-state index >= 15 is 0 Å². The molecule has 0 N–H and O–H groups in total. The Morgan fingerprint density at radius 1 is 1.30 bits per heavy atom. The van der Waals surface area contributed by atoms with Gasteiger partial charge in [0.1, 0.15) is 11.8 Å². The summed E-state index contributed by atoms with van der Waals surface area (Å²) in [4.78, 5) is 25.8. The number of carbonyl (C=O) groups excluding carboxylic acids is 1. The van der Waals surface area contributed by atoms with E-state index in [0.29, 0.717) is 5.56 Å². The highest BCUT2D eigenvalue weighted by atomic mass is 35.5. The highest BCUT2D eigenvalue weighted by Crippen LogP contribution is 2.19. The molecule has 0 saturated heterocycles. The van der Waals surface area contributed by atoms with Crippen molar-refractivity contribution in [2.45, 2.75) is 6.61 Å². The van der Waals surface area contributed by atoms with Crippen LogP contribution in [0.5, 0.6) is 0 Å². The van der Waals surface area contributed by atoms with Gasteiger partial charge in [-0.15, -0.1) is 0 Å². The van der Waals surface area contributed by atoms with Crippen LogP contribution in [0.1, 0.15) is 15.9 Å². The molecular formula is C13H9ClN2O4. The molecule has 0 spiro atoms. The number of nitrogens with zero attached hydrogens (tertiary/aromatic N) is 2. The molecule has 2 rings (SSSR count). The van der Waals surface area contributed by atoms with Gasteiger partial charge in [0.15, 0.2) is 0 Å². The van der Waals surface area contributed by atoms with Crippen molar-refractivity contribution in [1.82, 2.24) is 4.98 Å². The van der Waals surface area contributed by atoms with E-state index in [1.807, 2.05) is 0 Å². The number of pyridine rings is 1. The maximum absolute atomic E-state index is 11.7. The molecular weight excluding hydrogens is 284 g/mol. The molecule has 0 aliphatic rings. The van der Waals surface area contributed by atoms with Gasteiger partial charge in [-0.05, 0) is 18.2 Å². The molecule has 0 unspecified atom stereocenters. The molecule has 2 aromatic rings. The first kappa shape index (κ1) is 14.0. The molecule has 1 aromatic heterocycles. The van der Waals surface area contributed by atoms with Crippen molar-refractivity contribution in [3.63, 3.8) is 0 Å². The van der Waals surface area contributed by atoms with Crippen molar-refractivity contribution in [3.05, 3.63) is 69.0 Å². The smallest absolute Gasteiger partial charge is 0.340 e. The summed E-state index contributed by atoms with van der Waals surface area (Å²) in [5, 5.41) is 11.1. The Labute approximate surface area is 119 Å². The lowest BCUT2D eigenvalue weighted by Gasteiger charge is -2.05. The van der Waals surface area contributed by atoms with E-state index in [1.165, 1.54) is 30.5 Å². The molecule has 0 fully saturated rings. The number of hydrogen-bond acceptors (Lipinski definition) is 5. The monoisotopic (exact) mass is 292 g/mol. The van der Waals surface area contributed by atoms with Gasteiger partial charge in [0.2, 0.25) is 0 Å². The standard InChI is InChI=1S/C13H9ClN2O4/c14-12-6-5-9(7-15-12)13(17)20-8-10-3-1-2-4-11(10)16(18)19/h1-7H,8H2. The average molecular weight is 293 g/mol. The van der Waals surface area contributed by atoms with Crippen LogP contribution >= 0.6 is 11.6 Å². The number of esters is 1. The Balaban J connectivity index is 2.07. The second kappa shape index (κ2) is 6.12. The Morgan fingerprint density at radius 2 is 2.05 bits per heavy atom. The summed E-state index contributed by atoms with van der Waals surface area (Å²) in [5.74, 6) is -0.618. The first-order valence-electron chi connectivity index (χ1n) is 5.59. The van der Waals surface area contributed by atoms with Crippen LogP contribution in [0, 0.1) is 10.1 Å². The summed E-state index contributed by atoms with van der Waals surface area (Å²) in [5.41, 5.74) is 0.468. The van der Waals surface area contributed by atoms with Gasteiger partial charge in [-0.3, -0.25) is 10.1 Å². The predicted molar refractivity (Wildman–Crippen MR) is 71.5 cm³/mol. The summed E-state index contributed by atoms with van der Waals surface area (Å²) in [6.07, 6.45) is 1.28. The molecule has 0 saturated carbocycles. The van der Waals surface area contributed by atoms with E-state index in [4.69, 9.17) is 16.3 Å². The third kappa shape index (κ3) is 3.30. The first-order valence-corrected chi connectivity index (χ1v) is 5.96. The highest BCUT2D eigenvalue weighted by Gasteiger charge is 2.15. The number of para-hydroxylation sites is 1. The molecule has 102 valence electrons. The lowest BCUT2D eigenvalue weighted by molar-refractivity contribution is -0.385. The second-order valence-corrected chi connectivity index (χ2v) is 4.22. The zero-order valence-corrected chi connectivity index (χ0v) is 10.9. The van der Waals surface area contributed by atoms with Gasteiger partial charge in [-0.2, -0.15) is 0 Å². The number of halogens is 1. The fraction of sp³-hybridized carbons (Fsp3) is 0.0769. The minimum absolute atomic E-state index is 0.0884. The number of rotatable bonds is 4. The number of nitro benzene ring substituents is 1. The van der Waals surface area contributed by atoms with Crippen LogP contribution in [-0.2, 0) is 11.3 Å². The summed E-state index contributed by atoms with van der Waals surface area (Å²) in [6, 6.07) is 9.01. The molecule has 0 bridgehead atoms. The molecule has 6 nitrogen and oxygen atoms in total. The SMILES string of the molecule is O=C(OCc1ccccc1[N+](=O)[O-])c1ccc(Cl)nc1. The zero-order chi connectivity index (χ0) is 14.5. The number of carbonyl (C=O) groups is 1. The van der Waals surface area contributed by atoms with Crippen molar-refractivity contribution < 1.29 is 14.5 Å². The Kier molecular flexibility index (Phi) is 4.27. The Morgan fingerprint density at radius 3 is 2.70 bits per heavy atom. The number of ether oxygens (including phenoxy) is 1. The number of aromatic nitrogens is 1. The van der Waals surface area contributed by atoms with Crippen molar-refractivity contribution in [3.8, 4) is 0 Å². The molecule has 20 heavy (non-hydrogen) atoms. The fourth-order valence-electron chi connectivity index (χ4n) is 1.53. The molecule has 0 radical (unpaired) electrons. The maximum atomic E-state index is 11.7. The molecule has 1 heterocycles. The van der Waals surface area contributed by atoms with Crippen LogP contribution in [0.3, 0.4) is 0 Å². The topological polar surface area (TPSA) is 82.3 Å². The van der Waals surface area contributed by atoms with Gasteiger partial charge < -0.3 is 4.74 Å². The largest absolute Gasteiger partial charge is 0.457 e. The summed E-state index contributed by atoms with van der Waals surface area (Å²) in [7, 11) is 0. The van der Waals surface area contributed by atoms with Crippen LogP contribution < -0.4 is 0 Å². The van der Waals surface area contributed by atoms with Crippen molar-refractivity contribution in [2.75, 3.05) is 0 Å². The Hall–Kier alpha value is -2.47. The van der Waals surface area contributed by atoms with E-state index < -0.39 is 10.9 Å². The van der Waals surface area contributed by atoms with Crippen LogP contribution in [0.2, 0.25) is 5.15 Å². The molecule has 1 aromatic carbocycles. The number of benzene rings is 1. The van der Waals surface area contributed by atoms with Gasteiger partial charge in [0.05, 0.1) is 16.1 Å². The van der Waals surface area contributed by atoms with Gasteiger partial charge in [0.25, 0.3) is 5.69 Å². The quantitative estimate of drug-likeness (QED) is 0.374. The van der Waals surface area contributed by atoms with E-state index in [0.717, 1.165) is 0 Å². The van der Waals surface area contributed by atoms with Crippen molar-refractivity contribution in [1.29, 1.82) is 0 Å². The van der Waals surface area contributed by atoms with E-state index in [1.54, 1.807) is 12.1 Å². The predicted octanol–water partition coefficient (Wildman–Crippen LogP) is 3.00. The van der Waals surface area contributed by atoms with E-state index in [2.05, 4.69) is 4.98 Å². The lowest BCUT2D eigenvalue weighted by atomic mass is 10.2. The lowest BCUT2D eigenvalue weighted by Crippen LogP contribution is -2.06. The molecule has 7 heteroatoms. The van der Waals surface area contributed by atoms with Crippen molar-refractivity contribution >= 4 is 23.3 Å². The number of nitro groups is 1. The fourth-order valence-corrected chi connectivity index (χ4v) is 1.65. The summed E-state index contributed by atoms with van der Waals surface area (Å²) < 4.78 is 5.02. The summed E-state index contributed by atoms with van der Waals surface area (Å²) in [6.45, 7) is -0.182. The minimum atomic E-state index is -0.618. The third-order valence-corrected chi connectivity index (χ3v) is 2.73. The average Bonchev–Trinajstić information content (AvgIpc) is 2.45. The van der Waals surface area contributed by atoms with Crippen LogP contribution in [0.4, 0.5) is 5.69 Å². The Bertz CT molecular complexity index is 643. The zero-order valence-electron chi connectivity index (χ0n) is 10.2. The maximum Gasteiger partial charge on any atom is 0.340 e. The summed E-state index contributed by atoms with van der Waals surface area (Å²) >= 11 is 5.61. The molecule has 0 aliphatic carbocycles. The van der Waals surface area contributed by atoms with Gasteiger partial charge >= 0.3 is 5.97 Å². The van der Waals surface area contributed by atoms with E-state index in [9.17, 15) is 14.9 Å². The first-order chi connectivity index (χ1) is 9.58. The second-order valence-electron chi connectivity index (χ2n) is 3.83. The molecule has 0 atom stereocenters. The van der Waals surface area contributed by atoms with E-state index in [-0.39, 0.29) is 23.0 Å². The van der Waals surface area contributed by atoms with Crippen molar-refractivity contribution in [2.24, 2.45) is 0 Å². The normalized spacial score (nSPS) is 10.1. The highest BCUT2D eigenvalue weighted by molar-refractivity contribution is 6.29. The van der Waals surface area contributed by atoms with Crippen LogP contribution in [0.15, 0.2) is 42.6 Å². The van der Waals surface area contributed by atoms with Gasteiger partial charge in [0, 0.05) is 12.3 Å². The van der Waals surface area contributed by atoms with Gasteiger partial charge in [-0.1, -0.05) is 23.7 Å². The van der Waals surface area contributed by atoms with Gasteiger partial charge in [-0.25, -0.2) is 9.78 Å². The minimum Gasteiger partial charge on any atom is -0.457 e. The molecule has 0 aliphatic heterocycles.